The largest absolute Gasteiger partial charge is 0.396 e. The Morgan fingerprint density at radius 3 is 2.89 bits per heavy atom. The molecule has 3 heterocycles. The van der Waals surface area contributed by atoms with E-state index in [1.54, 1.807) is 35.4 Å². The van der Waals surface area contributed by atoms with Crippen molar-refractivity contribution in [2.75, 3.05) is 37.9 Å². The van der Waals surface area contributed by atoms with Crippen molar-refractivity contribution in [2.45, 2.75) is 50.7 Å². The normalized spacial score (nSPS) is 20.8. The first kappa shape index (κ1) is 24.3. The van der Waals surface area contributed by atoms with Crippen molar-refractivity contribution in [3.05, 3.63) is 46.5 Å². The molecule has 2 aliphatic rings. The van der Waals surface area contributed by atoms with Gasteiger partial charge >= 0.3 is 0 Å². The number of amides is 1. The predicted octanol–water partition coefficient (Wildman–Crippen LogP) is 2.31. The standard InChI is InChI=1S/C25H33N7O4/c1-26-21-12-20(29-19-7-4-10-31(24(19)35)16-5-3-6-17(11-16)36-2)30-22-18(13-28-32(21)22)23(34)27-14-25(15-33)8-9-25/h4,7,10,12-13,16-17,26,33H,3,5-6,8-9,11,14-15H2,1-2H3,(H,27,34)(H,29,30)/t16-,17-/m0/s1. The third kappa shape index (κ3) is 4.68. The Kier molecular flexibility index (Phi) is 6.67. The molecule has 11 heteroatoms. The quantitative estimate of drug-likeness (QED) is 0.355. The smallest absolute Gasteiger partial charge is 0.274 e. The lowest BCUT2D eigenvalue weighted by Gasteiger charge is -2.29. The van der Waals surface area contributed by atoms with Crippen LogP contribution in [0.5, 0.6) is 0 Å². The molecule has 0 saturated heterocycles. The zero-order valence-corrected chi connectivity index (χ0v) is 20.7. The van der Waals surface area contributed by atoms with E-state index in [0.29, 0.717) is 35.1 Å². The molecule has 3 aromatic rings. The Morgan fingerprint density at radius 1 is 1.33 bits per heavy atom. The first-order valence-corrected chi connectivity index (χ1v) is 12.4. The van der Waals surface area contributed by atoms with E-state index in [2.05, 4.69) is 26.0 Å². The average molecular weight is 496 g/mol. The number of ether oxygens (including phenoxy) is 1. The maximum Gasteiger partial charge on any atom is 0.274 e. The number of carbonyl (C=O) groups is 1. The number of fused-ring (bicyclic) bond motifs is 1. The first-order chi connectivity index (χ1) is 17.5. The van der Waals surface area contributed by atoms with Gasteiger partial charge in [0.15, 0.2) is 5.65 Å². The van der Waals surface area contributed by atoms with Crippen LogP contribution in [0.2, 0.25) is 0 Å². The van der Waals surface area contributed by atoms with Crippen molar-refractivity contribution in [2.24, 2.45) is 5.41 Å². The van der Waals surface area contributed by atoms with Crippen LogP contribution in [0.15, 0.2) is 35.4 Å². The SMILES string of the molecule is CNc1cc(Nc2cccn([C@H]3CCC[C@H](OC)C3)c2=O)nc2c(C(=O)NCC3(CO)CC3)cnn12. The number of rotatable bonds is 9. The lowest BCUT2D eigenvalue weighted by atomic mass is 9.92. The van der Waals surface area contributed by atoms with Crippen LogP contribution in [-0.4, -0.2) is 63.6 Å². The van der Waals surface area contributed by atoms with Crippen LogP contribution in [-0.2, 0) is 4.74 Å². The van der Waals surface area contributed by atoms with Gasteiger partial charge in [-0.2, -0.15) is 9.61 Å². The minimum Gasteiger partial charge on any atom is -0.396 e. The van der Waals surface area contributed by atoms with Gasteiger partial charge in [-0.1, -0.05) is 0 Å². The Balaban J connectivity index is 1.42. The van der Waals surface area contributed by atoms with Crippen LogP contribution in [0.4, 0.5) is 17.3 Å². The Labute approximate surface area is 208 Å². The fourth-order valence-electron chi connectivity index (χ4n) is 4.91. The highest BCUT2D eigenvalue weighted by Crippen LogP contribution is 2.44. The number of aliphatic hydroxyl groups is 1. The van der Waals surface area contributed by atoms with Gasteiger partial charge < -0.3 is 30.4 Å². The van der Waals surface area contributed by atoms with E-state index < -0.39 is 0 Å². The number of anilines is 3. The molecule has 0 unspecified atom stereocenters. The van der Waals surface area contributed by atoms with E-state index in [9.17, 15) is 14.7 Å². The molecule has 0 bridgehead atoms. The summed E-state index contributed by atoms with van der Waals surface area (Å²) in [5.74, 6) is 0.731. The molecule has 2 aliphatic carbocycles. The van der Waals surface area contributed by atoms with E-state index in [1.165, 1.54) is 6.20 Å². The maximum atomic E-state index is 13.3. The third-order valence-corrected chi connectivity index (χ3v) is 7.45. The molecule has 0 spiro atoms. The zero-order valence-electron chi connectivity index (χ0n) is 20.7. The summed E-state index contributed by atoms with van der Waals surface area (Å²) < 4.78 is 8.87. The monoisotopic (exact) mass is 495 g/mol. The van der Waals surface area contributed by atoms with Gasteiger partial charge in [-0.05, 0) is 50.7 Å². The minimum atomic E-state index is -0.302. The van der Waals surface area contributed by atoms with Crippen molar-refractivity contribution < 1.29 is 14.6 Å². The van der Waals surface area contributed by atoms with E-state index >= 15 is 0 Å². The zero-order chi connectivity index (χ0) is 25.3. The first-order valence-electron chi connectivity index (χ1n) is 12.4. The molecule has 0 aromatic carbocycles. The van der Waals surface area contributed by atoms with E-state index in [4.69, 9.17) is 4.74 Å². The molecule has 0 aliphatic heterocycles. The highest BCUT2D eigenvalue weighted by molar-refractivity contribution is 6.00. The number of nitrogens with one attached hydrogen (secondary N) is 3. The van der Waals surface area contributed by atoms with E-state index in [1.807, 2.05) is 12.3 Å². The van der Waals surface area contributed by atoms with Crippen molar-refractivity contribution in [1.29, 1.82) is 0 Å². The Bertz CT molecular complexity index is 1310. The fourth-order valence-corrected chi connectivity index (χ4v) is 4.91. The van der Waals surface area contributed by atoms with Crippen LogP contribution in [0.1, 0.15) is 54.9 Å². The highest BCUT2D eigenvalue weighted by atomic mass is 16.5. The number of aliphatic hydroxyl groups excluding tert-OH is 1. The van der Waals surface area contributed by atoms with E-state index in [0.717, 1.165) is 38.5 Å². The number of aromatic nitrogens is 4. The molecule has 1 amide bonds. The van der Waals surface area contributed by atoms with Crippen molar-refractivity contribution >= 4 is 28.9 Å². The molecule has 36 heavy (non-hydrogen) atoms. The summed E-state index contributed by atoms with van der Waals surface area (Å²) in [5, 5.41) is 23.0. The Morgan fingerprint density at radius 2 is 2.17 bits per heavy atom. The van der Waals surface area contributed by atoms with Gasteiger partial charge in [-0.15, -0.1) is 0 Å². The van der Waals surface area contributed by atoms with Gasteiger partial charge in [-0.25, -0.2) is 4.98 Å². The van der Waals surface area contributed by atoms with Crippen molar-refractivity contribution in [3.63, 3.8) is 0 Å². The van der Waals surface area contributed by atoms with Gasteiger partial charge in [0.25, 0.3) is 11.5 Å². The number of carbonyl (C=O) groups excluding carboxylic acids is 1. The third-order valence-electron chi connectivity index (χ3n) is 7.45. The van der Waals surface area contributed by atoms with Crippen LogP contribution in [0.25, 0.3) is 5.65 Å². The van der Waals surface area contributed by atoms with Gasteiger partial charge in [0.2, 0.25) is 0 Å². The molecular weight excluding hydrogens is 462 g/mol. The fraction of sp³-hybridized carbons (Fsp3) is 0.520. The molecule has 11 nitrogen and oxygen atoms in total. The molecule has 3 aromatic heterocycles. The molecule has 5 rings (SSSR count). The molecule has 2 fully saturated rings. The van der Waals surface area contributed by atoms with Crippen LogP contribution >= 0.6 is 0 Å². The summed E-state index contributed by atoms with van der Waals surface area (Å²) in [6.07, 6.45) is 9.03. The average Bonchev–Trinajstić information content (AvgIpc) is 3.57. The second-order valence-corrected chi connectivity index (χ2v) is 9.85. The second-order valence-electron chi connectivity index (χ2n) is 9.85. The number of hydrogen-bond donors (Lipinski definition) is 4. The number of hydrogen-bond acceptors (Lipinski definition) is 8. The lowest BCUT2D eigenvalue weighted by Crippen LogP contribution is -2.32. The summed E-state index contributed by atoms with van der Waals surface area (Å²) in [4.78, 5) is 30.9. The summed E-state index contributed by atoms with van der Waals surface area (Å²) in [5.41, 5.74) is 0.755. The molecule has 0 radical (unpaired) electrons. The van der Waals surface area contributed by atoms with E-state index in [-0.39, 0.29) is 35.6 Å². The number of pyridine rings is 1. The molecule has 2 atom stereocenters. The lowest BCUT2D eigenvalue weighted by molar-refractivity contribution is 0.0525. The van der Waals surface area contributed by atoms with Crippen LogP contribution in [0, 0.1) is 5.41 Å². The van der Waals surface area contributed by atoms with Gasteiger partial charge in [0, 0.05) is 44.4 Å². The van der Waals surface area contributed by atoms with Crippen LogP contribution in [0.3, 0.4) is 0 Å². The maximum absolute atomic E-state index is 13.3. The highest BCUT2D eigenvalue weighted by Gasteiger charge is 2.42. The Hall–Kier alpha value is -3.44. The second kappa shape index (κ2) is 9.90. The minimum absolute atomic E-state index is 0.0554. The molecular formula is C25H33N7O4. The van der Waals surface area contributed by atoms with Crippen LogP contribution < -0.4 is 21.5 Å². The molecule has 2 saturated carbocycles. The number of nitrogens with zero attached hydrogens (tertiary/aromatic N) is 4. The molecule has 192 valence electrons. The number of methoxy groups -OCH3 is 1. The van der Waals surface area contributed by atoms with Gasteiger partial charge in [-0.3, -0.25) is 9.59 Å². The van der Waals surface area contributed by atoms with Crippen molar-refractivity contribution in [1.82, 2.24) is 24.5 Å². The molecule has 4 N–H and O–H groups in total. The summed E-state index contributed by atoms with van der Waals surface area (Å²) in [7, 11) is 3.47. The summed E-state index contributed by atoms with van der Waals surface area (Å²) in [6, 6.07) is 5.41. The van der Waals surface area contributed by atoms with Gasteiger partial charge in [0.05, 0.1) is 18.9 Å². The van der Waals surface area contributed by atoms with Crippen molar-refractivity contribution in [3.8, 4) is 0 Å². The summed E-state index contributed by atoms with van der Waals surface area (Å²) in [6.45, 7) is 0.463. The topological polar surface area (TPSA) is 135 Å². The predicted molar refractivity (Wildman–Crippen MR) is 136 cm³/mol. The summed E-state index contributed by atoms with van der Waals surface area (Å²) >= 11 is 0. The van der Waals surface area contributed by atoms with Gasteiger partial charge in [0.1, 0.15) is 22.9 Å².